The maximum absolute atomic E-state index is 6.11. The summed E-state index contributed by atoms with van der Waals surface area (Å²) in [4.78, 5) is 0. The molecular formula is C16H14ClN. The van der Waals surface area contributed by atoms with E-state index in [1.165, 1.54) is 0 Å². The van der Waals surface area contributed by atoms with Crippen molar-refractivity contribution in [3.63, 3.8) is 0 Å². The molecule has 1 nitrogen and oxygen atoms in total. The van der Waals surface area contributed by atoms with E-state index in [1.54, 1.807) is 0 Å². The number of hydrogen-bond acceptors (Lipinski definition) is 1. The second-order valence-electron chi connectivity index (χ2n) is 3.95. The highest BCUT2D eigenvalue weighted by molar-refractivity contribution is 6.33. The summed E-state index contributed by atoms with van der Waals surface area (Å²) in [6.07, 6.45) is 0. The van der Waals surface area contributed by atoms with Crippen molar-refractivity contribution in [2.75, 3.05) is 11.9 Å². The van der Waals surface area contributed by atoms with Crippen molar-refractivity contribution < 1.29 is 0 Å². The molecule has 90 valence electrons. The normalized spacial score (nSPS) is 9.44. The average Bonchev–Trinajstić information content (AvgIpc) is 2.38. The Kier molecular flexibility index (Phi) is 4.28. The molecule has 2 rings (SSSR count). The summed E-state index contributed by atoms with van der Waals surface area (Å²) in [6, 6.07) is 15.8. The molecule has 2 aromatic rings. The Hall–Kier alpha value is -1.91. The Bertz CT molecular complexity index is 559. The lowest BCUT2D eigenvalue weighted by Crippen LogP contribution is -2.01. The van der Waals surface area contributed by atoms with E-state index in [0.717, 1.165) is 21.8 Å². The topological polar surface area (TPSA) is 12.0 Å². The summed E-state index contributed by atoms with van der Waals surface area (Å²) in [6.45, 7) is 2.61. The van der Waals surface area contributed by atoms with Gasteiger partial charge in [0.1, 0.15) is 0 Å². The summed E-state index contributed by atoms with van der Waals surface area (Å²) >= 11 is 6.11. The molecule has 2 aromatic carbocycles. The molecule has 0 radical (unpaired) electrons. The predicted octanol–water partition coefficient (Wildman–Crippen LogP) is 4.11. The Morgan fingerprint density at radius 1 is 1.06 bits per heavy atom. The lowest BCUT2D eigenvalue weighted by molar-refractivity contribution is 1.33. The van der Waals surface area contributed by atoms with Gasteiger partial charge in [0.2, 0.25) is 0 Å². The Balaban J connectivity index is 1.99. The molecule has 0 bridgehead atoms. The third kappa shape index (κ3) is 3.29. The average molecular weight is 256 g/mol. The monoisotopic (exact) mass is 255 g/mol. The molecular weight excluding hydrogens is 242 g/mol. The molecule has 0 saturated carbocycles. The maximum atomic E-state index is 6.11. The second kappa shape index (κ2) is 6.14. The highest BCUT2D eigenvalue weighted by Gasteiger charge is 2.00. The predicted molar refractivity (Wildman–Crippen MR) is 78.0 cm³/mol. The van der Waals surface area contributed by atoms with Crippen LogP contribution in [0.5, 0.6) is 0 Å². The molecule has 0 aliphatic heterocycles. The van der Waals surface area contributed by atoms with Gasteiger partial charge in [0.25, 0.3) is 0 Å². The van der Waals surface area contributed by atoms with Gasteiger partial charge in [-0.05, 0) is 30.7 Å². The van der Waals surface area contributed by atoms with E-state index >= 15 is 0 Å². The van der Waals surface area contributed by atoms with Crippen LogP contribution in [0.1, 0.15) is 11.1 Å². The summed E-state index contributed by atoms with van der Waals surface area (Å²) in [5, 5.41) is 3.98. The molecule has 0 aliphatic carbocycles. The van der Waals surface area contributed by atoms with Crippen molar-refractivity contribution in [1.82, 2.24) is 0 Å². The molecule has 2 heteroatoms. The Morgan fingerprint density at radius 2 is 1.83 bits per heavy atom. The first-order valence-corrected chi connectivity index (χ1v) is 6.18. The smallest absolute Gasteiger partial charge is 0.0770 e. The van der Waals surface area contributed by atoms with E-state index in [1.807, 2.05) is 55.5 Å². The van der Waals surface area contributed by atoms with E-state index in [0.29, 0.717) is 6.54 Å². The van der Waals surface area contributed by atoms with Crippen LogP contribution in [0.4, 0.5) is 5.69 Å². The van der Waals surface area contributed by atoms with Gasteiger partial charge in [-0.2, -0.15) is 0 Å². The first-order chi connectivity index (χ1) is 8.77. The van der Waals surface area contributed by atoms with Crippen molar-refractivity contribution in [3.05, 3.63) is 64.7 Å². The molecule has 0 saturated heterocycles. The van der Waals surface area contributed by atoms with Crippen LogP contribution in [0.15, 0.2) is 48.5 Å². The molecule has 0 atom stereocenters. The van der Waals surface area contributed by atoms with Gasteiger partial charge < -0.3 is 5.32 Å². The number of benzene rings is 2. The lowest BCUT2D eigenvalue weighted by Gasteiger charge is -2.08. The van der Waals surface area contributed by atoms with Crippen LogP contribution in [0.3, 0.4) is 0 Å². The Morgan fingerprint density at radius 3 is 2.56 bits per heavy atom. The highest BCUT2D eigenvalue weighted by Crippen LogP contribution is 2.24. The summed E-state index contributed by atoms with van der Waals surface area (Å²) in [5.41, 5.74) is 3.11. The zero-order chi connectivity index (χ0) is 12.8. The number of halogens is 1. The van der Waals surface area contributed by atoms with Gasteiger partial charge in [-0.25, -0.2) is 0 Å². The minimum atomic E-state index is 0.583. The first-order valence-electron chi connectivity index (χ1n) is 5.80. The molecule has 0 unspecified atom stereocenters. The minimum absolute atomic E-state index is 0.583. The van der Waals surface area contributed by atoms with Gasteiger partial charge in [-0.1, -0.05) is 53.8 Å². The highest BCUT2D eigenvalue weighted by atomic mass is 35.5. The van der Waals surface area contributed by atoms with Gasteiger partial charge in [0, 0.05) is 5.56 Å². The molecule has 0 spiro atoms. The lowest BCUT2D eigenvalue weighted by atomic mass is 10.2. The van der Waals surface area contributed by atoms with Crippen molar-refractivity contribution in [1.29, 1.82) is 0 Å². The van der Waals surface area contributed by atoms with Crippen LogP contribution in [0.25, 0.3) is 0 Å². The maximum Gasteiger partial charge on any atom is 0.0770 e. The first kappa shape index (κ1) is 12.5. The van der Waals surface area contributed by atoms with E-state index in [4.69, 9.17) is 11.6 Å². The largest absolute Gasteiger partial charge is 0.373 e. The fourth-order valence-electron chi connectivity index (χ4n) is 1.66. The zero-order valence-electron chi connectivity index (χ0n) is 10.2. The minimum Gasteiger partial charge on any atom is -0.373 e. The number of para-hydroxylation sites is 1. The summed E-state index contributed by atoms with van der Waals surface area (Å²) < 4.78 is 0. The van der Waals surface area contributed by atoms with E-state index < -0.39 is 0 Å². The molecule has 0 amide bonds. The number of anilines is 1. The molecule has 0 aliphatic rings. The summed E-state index contributed by atoms with van der Waals surface area (Å²) in [7, 11) is 0. The van der Waals surface area contributed by atoms with Crippen LogP contribution in [-0.2, 0) is 0 Å². The number of nitrogens with one attached hydrogen (secondary N) is 1. The van der Waals surface area contributed by atoms with Crippen molar-refractivity contribution in [2.45, 2.75) is 6.92 Å². The molecule has 1 N–H and O–H groups in total. The van der Waals surface area contributed by atoms with Gasteiger partial charge in [-0.3, -0.25) is 0 Å². The quantitative estimate of drug-likeness (QED) is 0.797. The van der Waals surface area contributed by atoms with Gasteiger partial charge in [-0.15, -0.1) is 0 Å². The molecule has 18 heavy (non-hydrogen) atoms. The van der Waals surface area contributed by atoms with Gasteiger partial charge in [0.15, 0.2) is 0 Å². The third-order valence-corrected chi connectivity index (χ3v) is 2.90. The van der Waals surface area contributed by atoms with Crippen LogP contribution in [0, 0.1) is 18.8 Å². The van der Waals surface area contributed by atoms with Crippen molar-refractivity contribution >= 4 is 17.3 Å². The van der Waals surface area contributed by atoms with Crippen LogP contribution < -0.4 is 5.32 Å². The fourth-order valence-corrected chi connectivity index (χ4v) is 1.94. The Labute approximate surface area is 113 Å². The van der Waals surface area contributed by atoms with E-state index in [9.17, 15) is 0 Å². The van der Waals surface area contributed by atoms with Crippen LogP contribution >= 0.6 is 11.6 Å². The third-order valence-electron chi connectivity index (χ3n) is 2.58. The fraction of sp³-hybridized carbons (Fsp3) is 0.125. The van der Waals surface area contributed by atoms with Gasteiger partial charge >= 0.3 is 0 Å². The van der Waals surface area contributed by atoms with Crippen molar-refractivity contribution in [2.24, 2.45) is 0 Å². The van der Waals surface area contributed by atoms with Crippen LogP contribution in [0.2, 0.25) is 5.02 Å². The van der Waals surface area contributed by atoms with Crippen molar-refractivity contribution in [3.8, 4) is 11.8 Å². The SMILES string of the molecule is Cc1cccc(Cl)c1NCC#Cc1ccccc1. The summed E-state index contributed by atoms with van der Waals surface area (Å²) in [5.74, 6) is 6.18. The molecule has 0 fully saturated rings. The number of rotatable bonds is 2. The van der Waals surface area contributed by atoms with E-state index in [-0.39, 0.29) is 0 Å². The standard InChI is InChI=1S/C16H14ClN/c1-13-7-5-11-15(17)16(13)18-12-6-10-14-8-3-2-4-9-14/h2-5,7-9,11,18H,12H2,1H3. The molecule has 0 aromatic heterocycles. The number of aryl methyl sites for hydroxylation is 1. The van der Waals surface area contributed by atoms with E-state index in [2.05, 4.69) is 17.2 Å². The molecule has 0 heterocycles. The number of hydrogen-bond donors (Lipinski definition) is 1. The van der Waals surface area contributed by atoms with Gasteiger partial charge in [0.05, 0.1) is 17.3 Å². The zero-order valence-corrected chi connectivity index (χ0v) is 11.0. The van der Waals surface area contributed by atoms with Crippen LogP contribution in [-0.4, -0.2) is 6.54 Å². The second-order valence-corrected chi connectivity index (χ2v) is 4.36.